The first-order valence-electron chi connectivity index (χ1n) is 4.78. The van der Waals surface area contributed by atoms with Crippen LogP contribution >= 0.6 is 0 Å². The average Bonchev–Trinajstić information content (AvgIpc) is 2.03. The van der Waals surface area contributed by atoms with Gasteiger partial charge in [0.25, 0.3) is 0 Å². The van der Waals surface area contributed by atoms with Gasteiger partial charge < -0.3 is 17.2 Å². The van der Waals surface area contributed by atoms with Gasteiger partial charge in [-0.2, -0.15) is 0 Å². The maximum Gasteiger partial charge on any atom is 0.00678 e. The summed E-state index contributed by atoms with van der Waals surface area (Å²) in [5.74, 6) is 0. The van der Waals surface area contributed by atoms with Gasteiger partial charge in [-0.1, -0.05) is 6.92 Å². The molecule has 0 aliphatic rings. The molecule has 1 unspecified atom stereocenters. The molecule has 0 heterocycles. The van der Waals surface area contributed by atoms with Crippen molar-refractivity contribution in [2.45, 2.75) is 39.2 Å². The van der Waals surface area contributed by atoms with Crippen molar-refractivity contribution >= 4 is 0 Å². The van der Waals surface area contributed by atoms with Gasteiger partial charge in [0.1, 0.15) is 0 Å². The topological polar surface area (TPSA) is 78.1 Å². The van der Waals surface area contributed by atoms with E-state index in [-0.39, 0.29) is 11.5 Å². The molecule has 0 spiro atoms. The molecule has 0 radical (unpaired) electrons. The van der Waals surface area contributed by atoms with Crippen LogP contribution in [0.3, 0.4) is 0 Å². The van der Waals surface area contributed by atoms with Gasteiger partial charge in [0.2, 0.25) is 0 Å². The Morgan fingerprint density at radius 2 is 1.58 bits per heavy atom. The highest BCUT2D eigenvalue weighted by Crippen LogP contribution is 2.32. The molecule has 0 bridgehead atoms. The summed E-state index contributed by atoms with van der Waals surface area (Å²) in [5.41, 5.74) is 17.2. The molecule has 1 atom stereocenters. The van der Waals surface area contributed by atoms with Crippen molar-refractivity contribution in [3.63, 3.8) is 0 Å². The third-order valence-electron chi connectivity index (χ3n) is 2.95. The summed E-state index contributed by atoms with van der Waals surface area (Å²) in [6.07, 6.45) is 3.04. The van der Waals surface area contributed by atoms with Crippen molar-refractivity contribution in [1.82, 2.24) is 0 Å². The number of nitrogens with two attached hydrogens (primary N) is 3. The molecule has 3 heteroatoms. The molecule has 74 valence electrons. The molecule has 0 saturated heterocycles. The molecule has 0 aromatic heterocycles. The highest BCUT2D eigenvalue weighted by Gasteiger charge is 2.30. The standard InChI is InChI=1S/C9H23N3/c1-3-9(4-6-10,5-7-11)8(2)12/h8H,3-7,10-12H2,1-2H3. The van der Waals surface area contributed by atoms with Gasteiger partial charge in [-0.25, -0.2) is 0 Å². The summed E-state index contributed by atoms with van der Waals surface area (Å²) in [7, 11) is 0. The van der Waals surface area contributed by atoms with Crippen LogP contribution in [-0.4, -0.2) is 19.1 Å². The highest BCUT2D eigenvalue weighted by molar-refractivity contribution is 4.86. The van der Waals surface area contributed by atoms with Crippen LogP contribution in [0.1, 0.15) is 33.1 Å². The molecular formula is C9H23N3. The van der Waals surface area contributed by atoms with Crippen molar-refractivity contribution in [2.75, 3.05) is 13.1 Å². The minimum atomic E-state index is 0.170. The molecule has 12 heavy (non-hydrogen) atoms. The minimum Gasteiger partial charge on any atom is -0.330 e. The second-order valence-corrected chi connectivity index (χ2v) is 3.58. The van der Waals surface area contributed by atoms with E-state index in [1.54, 1.807) is 0 Å². The highest BCUT2D eigenvalue weighted by atomic mass is 14.7. The van der Waals surface area contributed by atoms with Gasteiger partial charge in [0.05, 0.1) is 0 Å². The summed E-state index contributed by atoms with van der Waals surface area (Å²) < 4.78 is 0. The normalized spacial score (nSPS) is 14.8. The maximum absolute atomic E-state index is 5.94. The van der Waals surface area contributed by atoms with E-state index in [0.717, 1.165) is 19.3 Å². The van der Waals surface area contributed by atoms with Gasteiger partial charge >= 0.3 is 0 Å². The fourth-order valence-electron chi connectivity index (χ4n) is 1.83. The smallest absolute Gasteiger partial charge is 0.00678 e. The molecule has 0 rings (SSSR count). The maximum atomic E-state index is 5.94. The molecule has 6 N–H and O–H groups in total. The average molecular weight is 173 g/mol. The van der Waals surface area contributed by atoms with E-state index >= 15 is 0 Å². The SMILES string of the molecule is CCC(CCN)(CCN)C(C)N. The fraction of sp³-hybridized carbons (Fsp3) is 1.00. The number of hydrogen-bond donors (Lipinski definition) is 3. The van der Waals surface area contributed by atoms with E-state index in [1.807, 2.05) is 0 Å². The Labute approximate surface area is 75.7 Å². The Hall–Kier alpha value is -0.120. The molecule has 0 amide bonds. The Bertz CT molecular complexity index is 106. The number of hydrogen-bond acceptors (Lipinski definition) is 3. The van der Waals surface area contributed by atoms with Crippen molar-refractivity contribution < 1.29 is 0 Å². The fourth-order valence-corrected chi connectivity index (χ4v) is 1.83. The van der Waals surface area contributed by atoms with Crippen molar-refractivity contribution in [3.05, 3.63) is 0 Å². The zero-order valence-corrected chi connectivity index (χ0v) is 8.34. The van der Waals surface area contributed by atoms with Gasteiger partial charge in [0, 0.05) is 6.04 Å². The lowest BCUT2D eigenvalue weighted by Crippen LogP contribution is -2.42. The van der Waals surface area contributed by atoms with E-state index in [1.165, 1.54) is 0 Å². The molecule has 0 saturated carbocycles. The van der Waals surface area contributed by atoms with Gasteiger partial charge in [0.15, 0.2) is 0 Å². The van der Waals surface area contributed by atoms with E-state index < -0.39 is 0 Å². The second kappa shape index (κ2) is 5.51. The second-order valence-electron chi connectivity index (χ2n) is 3.58. The molecular weight excluding hydrogens is 150 g/mol. The van der Waals surface area contributed by atoms with Crippen LogP contribution in [0.2, 0.25) is 0 Å². The zero-order valence-electron chi connectivity index (χ0n) is 8.34. The Kier molecular flexibility index (Phi) is 5.46. The van der Waals surface area contributed by atoms with Crippen molar-refractivity contribution in [1.29, 1.82) is 0 Å². The van der Waals surface area contributed by atoms with Gasteiger partial charge in [-0.05, 0) is 44.7 Å². The first-order valence-corrected chi connectivity index (χ1v) is 4.78. The molecule has 0 aromatic carbocycles. The summed E-state index contributed by atoms with van der Waals surface area (Å²) >= 11 is 0. The Morgan fingerprint density at radius 3 is 1.75 bits per heavy atom. The van der Waals surface area contributed by atoms with Gasteiger partial charge in [-0.15, -0.1) is 0 Å². The predicted molar refractivity (Wildman–Crippen MR) is 53.7 cm³/mol. The number of rotatable bonds is 6. The molecule has 0 aromatic rings. The van der Waals surface area contributed by atoms with Crippen LogP contribution in [0, 0.1) is 5.41 Å². The van der Waals surface area contributed by atoms with E-state index in [4.69, 9.17) is 17.2 Å². The third-order valence-corrected chi connectivity index (χ3v) is 2.95. The summed E-state index contributed by atoms with van der Waals surface area (Å²) in [4.78, 5) is 0. The zero-order chi connectivity index (χ0) is 9.61. The Balaban J connectivity index is 4.28. The monoisotopic (exact) mass is 173 g/mol. The van der Waals surface area contributed by atoms with E-state index in [9.17, 15) is 0 Å². The first kappa shape index (κ1) is 11.9. The van der Waals surface area contributed by atoms with Crippen LogP contribution in [0.4, 0.5) is 0 Å². The third kappa shape index (κ3) is 2.73. The largest absolute Gasteiger partial charge is 0.330 e. The summed E-state index contributed by atoms with van der Waals surface area (Å²) in [6, 6.07) is 0.189. The molecule has 0 aliphatic carbocycles. The van der Waals surface area contributed by atoms with Gasteiger partial charge in [-0.3, -0.25) is 0 Å². The summed E-state index contributed by atoms with van der Waals surface area (Å²) in [5, 5.41) is 0. The summed E-state index contributed by atoms with van der Waals surface area (Å²) in [6.45, 7) is 5.62. The predicted octanol–water partition coefficient (Wildman–Crippen LogP) is 0.428. The Morgan fingerprint density at radius 1 is 1.17 bits per heavy atom. The van der Waals surface area contributed by atoms with E-state index in [0.29, 0.717) is 13.1 Å². The van der Waals surface area contributed by atoms with Crippen molar-refractivity contribution in [3.8, 4) is 0 Å². The minimum absolute atomic E-state index is 0.170. The van der Waals surface area contributed by atoms with E-state index in [2.05, 4.69) is 13.8 Å². The lowest BCUT2D eigenvalue weighted by Gasteiger charge is -2.36. The molecule has 0 fully saturated rings. The van der Waals surface area contributed by atoms with Crippen LogP contribution in [-0.2, 0) is 0 Å². The molecule has 3 nitrogen and oxygen atoms in total. The van der Waals surface area contributed by atoms with Crippen LogP contribution in [0.5, 0.6) is 0 Å². The van der Waals surface area contributed by atoms with Crippen molar-refractivity contribution in [2.24, 2.45) is 22.6 Å². The van der Waals surface area contributed by atoms with Crippen LogP contribution < -0.4 is 17.2 Å². The van der Waals surface area contributed by atoms with Crippen LogP contribution in [0.15, 0.2) is 0 Å². The van der Waals surface area contributed by atoms with Crippen LogP contribution in [0.25, 0.3) is 0 Å². The lowest BCUT2D eigenvalue weighted by molar-refractivity contribution is 0.193. The first-order chi connectivity index (χ1) is 5.63. The quantitative estimate of drug-likeness (QED) is 0.545. The molecule has 0 aliphatic heterocycles. The lowest BCUT2D eigenvalue weighted by atomic mass is 9.73.